The Morgan fingerprint density at radius 3 is 2.47 bits per heavy atom. The van der Waals surface area contributed by atoms with E-state index in [1.807, 2.05) is 0 Å². The maximum Gasteiger partial charge on any atom is 0.0756 e. The smallest absolute Gasteiger partial charge is 0.0756 e. The number of nitrogens with zero attached hydrogens (tertiary/aromatic N) is 1. The van der Waals surface area contributed by atoms with Crippen molar-refractivity contribution in [1.29, 1.82) is 0 Å². The molecule has 2 nitrogen and oxygen atoms in total. The average molecular weight is 211 g/mol. The maximum atomic E-state index is 6.09. The molecule has 0 saturated carbocycles. The number of fused-ring (bicyclic) bond motifs is 1. The highest BCUT2D eigenvalue weighted by Gasteiger charge is 2.42. The molecule has 2 rings (SSSR count). The molecule has 0 aromatic carbocycles. The Morgan fingerprint density at radius 2 is 1.87 bits per heavy atom. The summed E-state index contributed by atoms with van der Waals surface area (Å²) in [6.45, 7) is 11.5. The van der Waals surface area contributed by atoms with E-state index in [4.69, 9.17) is 4.74 Å². The van der Waals surface area contributed by atoms with Gasteiger partial charge in [0.25, 0.3) is 0 Å². The van der Waals surface area contributed by atoms with E-state index in [1.54, 1.807) is 0 Å². The fourth-order valence-electron chi connectivity index (χ4n) is 3.29. The molecule has 2 heteroatoms. The van der Waals surface area contributed by atoms with Gasteiger partial charge in [-0.2, -0.15) is 0 Å². The first-order chi connectivity index (χ1) is 7.11. The van der Waals surface area contributed by atoms with E-state index in [0.29, 0.717) is 30.0 Å². The van der Waals surface area contributed by atoms with Crippen LogP contribution in [0.2, 0.25) is 0 Å². The molecule has 3 unspecified atom stereocenters. The third-order valence-corrected chi connectivity index (χ3v) is 3.96. The molecule has 0 aromatic heterocycles. The van der Waals surface area contributed by atoms with Crippen LogP contribution >= 0.6 is 0 Å². The van der Waals surface area contributed by atoms with Crippen LogP contribution in [0.15, 0.2) is 0 Å². The van der Waals surface area contributed by atoms with Crippen LogP contribution in [-0.4, -0.2) is 36.2 Å². The zero-order chi connectivity index (χ0) is 11.0. The van der Waals surface area contributed by atoms with Gasteiger partial charge in [0.05, 0.1) is 12.7 Å². The van der Waals surface area contributed by atoms with Crippen molar-refractivity contribution in [3.05, 3.63) is 0 Å². The minimum atomic E-state index is 0.444. The molecule has 2 aliphatic heterocycles. The number of hydrogen-bond acceptors (Lipinski definition) is 2. The van der Waals surface area contributed by atoms with Crippen molar-refractivity contribution >= 4 is 0 Å². The standard InChI is InChI=1S/C13H25NO/c1-9(2)12-13(10(3)4)15-8-11-6-5-7-14(11)12/h9-13H,5-8H2,1-4H3. The highest BCUT2D eigenvalue weighted by molar-refractivity contribution is 4.95. The molecule has 2 fully saturated rings. The lowest BCUT2D eigenvalue weighted by molar-refractivity contribution is -0.120. The second kappa shape index (κ2) is 4.42. The number of hydrogen-bond donors (Lipinski definition) is 0. The summed E-state index contributed by atoms with van der Waals surface area (Å²) in [5.74, 6) is 1.34. The van der Waals surface area contributed by atoms with Gasteiger partial charge in [-0.15, -0.1) is 0 Å². The third-order valence-electron chi connectivity index (χ3n) is 3.96. The monoisotopic (exact) mass is 211 g/mol. The van der Waals surface area contributed by atoms with Gasteiger partial charge in [-0.25, -0.2) is 0 Å². The van der Waals surface area contributed by atoms with E-state index in [9.17, 15) is 0 Å². The minimum absolute atomic E-state index is 0.444. The Morgan fingerprint density at radius 1 is 1.13 bits per heavy atom. The van der Waals surface area contributed by atoms with Crippen LogP contribution in [0.4, 0.5) is 0 Å². The van der Waals surface area contributed by atoms with Gasteiger partial charge in [0.15, 0.2) is 0 Å². The molecule has 2 heterocycles. The van der Waals surface area contributed by atoms with E-state index in [2.05, 4.69) is 32.6 Å². The number of ether oxygens (including phenoxy) is 1. The predicted octanol–water partition coefficient (Wildman–Crippen LogP) is 2.53. The largest absolute Gasteiger partial charge is 0.375 e. The summed E-state index contributed by atoms with van der Waals surface area (Å²) in [7, 11) is 0. The van der Waals surface area contributed by atoms with Gasteiger partial charge in [-0.3, -0.25) is 4.90 Å². The van der Waals surface area contributed by atoms with Crippen LogP contribution in [0.1, 0.15) is 40.5 Å². The van der Waals surface area contributed by atoms with E-state index in [1.165, 1.54) is 19.4 Å². The molecule has 0 spiro atoms. The van der Waals surface area contributed by atoms with Crippen LogP contribution in [0.3, 0.4) is 0 Å². The van der Waals surface area contributed by atoms with Gasteiger partial charge in [-0.1, -0.05) is 27.7 Å². The molecule has 0 radical (unpaired) electrons. The first kappa shape index (κ1) is 11.4. The van der Waals surface area contributed by atoms with Crippen molar-refractivity contribution in [2.45, 2.75) is 58.7 Å². The molecule has 0 aliphatic carbocycles. The second-order valence-corrected chi connectivity index (χ2v) is 5.81. The Balaban J connectivity index is 2.14. The first-order valence-corrected chi connectivity index (χ1v) is 6.48. The average Bonchev–Trinajstić information content (AvgIpc) is 2.62. The van der Waals surface area contributed by atoms with E-state index in [-0.39, 0.29) is 0 Å². The summed E-state index contributed by atoms with van der Waals surface area (Å²) in [6.07, 6.45) is 3.15. The summed E-state index contributed by atoms with van der Waals surface area (Å²) in [5, 5.41) is 0. The van der Waals surface area contributed by atoms with Crippen molar-refractivity contribution < 1.29 is 4.74 Å². The third kappa shape index (κ3) is 2.07. The molecule has 88 valence electrons. The minimum Gasteiger partial charge on any atom is -0.375 e. The molecule has 0 aromatic rings. The predicted molar refractivity (Wildman–Crippen MR) is 62.9 cm³/mol. The summed E-state index contributed by atoms with van der Waals surface area (Å²) in [5.41, 5.74) is 0. The highest BCUT2D eigenvalue weighted by Crippen LogP contribution is 2.33. The van der Waals surface area contributed by atoms with Crippen molar-refractivity contribution in [3.8, 4) is 0 Å². The number of morpholine rings is 1. The van der Waals surface area contributed by atoms with Crippen molar-refractivity contribution in [2.24, 2.45) is 11.8 Å². The maximum absolute atomic E-state index is 6.09. The second-order valence-electron chi connectivity index (χ2n) is 5.81. The van der Waals surface area contributed by atoms with Crippen molar-refractivity contribution in [2.75, 3.05) is 13.2 Å². The van der Waals surface area contributed by atoms with Gasteiger partial charge in [0, 0.05) is 12.1 Å². The Bertz CT molecular complexity index is 213. The Labute approximate surface area is 94.0 Å². The van der Waals surface area contributed by atoms with E-state index in [0.717, 1.165) is 6.61 Å². The van der Waals surface area contributed by atoms with Gasteiger partial charge in [0.1, 0.15) is 0 Å². The zero-order valence-corrected chi connectivity index (χ0v) is 10.6. The van der Waals surface area contributed by atoms with E-state index >= 15 is 0 Å². The lowest BCUT2D eigenvalue weighted by Crippen LogP contribution is -2.57. The topological polar surface area (TPSA) is 12.5 Å². The summed E-state index contributed by atoms with van der Waals surface area (Å²) >= 11 is 0. The first-order valence-electron chi connectivity index (χ1n) is 6.48. The molecule has 2 saturated heterocycles. The summed E-state index contributed by atoms with van der Waals surface area (Å²) < 4.78 is 6.09. The summed E-state index contributed by atoms with van der Waals surface area (Å²) in [6, 6.07) is 1.36. The molecule has 3 atom stereocenters. The normalized spacial score (nSPS) is 37.6. The van der Waals surface area contributed by atoms with Crippen LogP contribution in [0, 0.1) is 11.8 Å². The lowest BCUT2D eigenvalue weighted by atomic mass is 9.88. The fraction of sp³-hybridized carbons (Fsp3) is 1.00. The SMILES string of the molecule is CC(C)C1OCC2CCCN2C1C(C)C. The van der Waals surface area contributed by atoms with Gasteiger partial charge in [0.2, 0.25) is 0 Å². The molecule has 0 amide bonds. The Kier molecular flexibility index (Phi) is 3.36. The lowest BCUT2D eigenvalue weighted by Gasteiger charge is -2.46. The van der Waals surface area contributed by atoms with Crippen LogP contribution in [0.25, 0.3) is 0 Å². The molecular weight excluding hydrogens is 186 g/mol. The molecule has 0 N–H and O–H groups in total. The molecular formula is C13H25NO. The van der Waals surface area contributed by atoms with Crippen LogP contribution in [0.5, 0.6) is 0 Å². The van der Waals surface area contributed by atoms with E-state index < -0.39 is 0 Å². The fourth-order valence-corrected chi connectivity index (χ4v) is 3.29. The quantitative estimate of drug-likeness (QED) is 0.696. The van der Waals surface area contributed by atoms with Crippen LogP contribution in [-0.2, 0) is 4.74 Å². The highest BCUT2D eigenvalue weighted by atomic mass is 16.5. The van der Waals surface area contributed by atoms with Gasteiger partial charge in [-0.05, 0) is 31.2 Å². The van der Waals surface area contributed by atoms with Crippen molar-refractivity contribution in [1.82, 2.24) is 4.90 Å². The number of rotatable bonds is 2. The Hall–Kier alpha value is -0.0800. The van der Waals surface area contributed by atoms with Crippen LogP contribution < -0.4 is 0 Å². The van der Waals surface area contributed by atoms with Crippen molar-refractivity contribution in [3.63, 3.8) is 0 Å². The van der Waals surface area contributed by atoms with Gasteiger partial charge >= 0.3 is 0 Å². The molecule has 2 aliphatic rings. The molecule has 0 bridgehead atoms. The van der Waals surface area contributed by atoms with Gasteiger partial charge < -0.3 is 4.74 Å². The molecule has 15 heavy (non-hydrogen) atoms. The zero-order valence-electron chi connectivity index (χ0n) is 10.6. The summed E-state index contributed by atoms with van der Waals surface area (Å²) in [4.78, 5) is 2.72.